The van der Waals surface area contributed by atoms with Crippen LogP contribution in [0.2, 0.25) is 0 Å². The molecule has 19 heavy (non-hydrogen) atoms. The summed E-state index contributed by atoms with van der Waals surface area (Å²) in [5.74, 6) is -0.0675. The molecule has 2 heterocycles. The molecule has 0 aliphatic carbocycles. The van der Waals surface area contributed by atoms with Gasteiger partial charge in [0.05, 0.1) is 30.7 Å². The Balaban J connectivity index is 1.95. The van der Waals surface area contributed by atoms with Crippen LogP contribution in [-0.2, 0) is 22.6 Å². The Hall–Kier alpha value is -1.51. The van der Waals surface area contributed by atoms with Gasteiger partial charge in [0.2, 0.25) is 5.91 Å². The zero-order chi connectivity index (χ0) is 13.8. The maximum absolute atomic E-state index is 12.1. The molecule has 1 aliphatic rings. The van der Waals surface area contributed by atoms with Gasteiger partial charge in [-0.1, -0.05) is 5.21 Å². The summed E-state index contributed by atoms with van der Waals surface area (Å²) in [5, 5.41) is 16.8. The first-order valence-corrected chi connectivity index (χ1v) is 6.25. The molecular weight excluding hydrogens is 250 g/mol. The van der Waals surface area contributed by atoms with Crippen molar-refractivity contribution in [1.29, 1.82) is 0 Å². The van der Waals surface area contributed by atoms with Gasteiger partial charge in [0.15, 0.2) is 0 Å². The molecule has 1 aromatic rings. The van der Waals surface area contributed by atoms with Crippen molar-refractivity contribution >= 4 is 5.91 Å². The fourth-order valence-corrected chi connectivity index (χ4v) is 2.10. The fourth-order valence-electron chi connectivity index (χ4n) is 2.10. The summed E-state index contributed by atoms with van der Waals surface area (Å²) in [4.78, 5) is 13.8. The summed E-state index contributed by atoms with van der Waals surface area (Å²) in [6, 6.07) is 0. The second-order valence-electron chi connectivity index (χ2n) is 4.66. The van der Waals surface area contributed by atoms with Crippen LogP contribution in [0.3, 0.4) is 0 Å². The average Bonchev–Trinajstić information content (AvgIpc) is 2.85. The maximum atomic E-state index is 12.1. The van der Waals surface area contributed by atoms with Crippen LogP contribution in [0.4, 0.5) is 0 Å². The van der Waals surface area contributed by atoms with E-state index in [1.807, 2.05) is 6.92 Å². The summed E-state index contributed by atoms with van der Waals surface area (Å²) in [5.41, 5.74) is 6.09. The molecule has 0 saturated carbocycles. The third-order valence-electron chi connectivity index (χ3n) is 2.98. The number of carbonyl (C=O) groups excluding carboxylic acids is 1. The smallest absolute Gasteiger partial charge is 0.244 e. The molecule has 8 nitrogen and oxygen atoms in total. The highest BCUT2D eigenvalue weighted by atomic mass is 16.5. The van der Waals surface area contributed by atoms with Gasteiger partial charge in [-0.3, -0.25) is 4.79 Å². The zero-order valence-electron chi connectivity index (χ0n) is 10.9. The van der Waals surface area contributed by atoms with Crippen molar-refractivity contribution in [1.82, 2.24) is 19.9 Å². The number of carbonyl (C=O) groups is 1. The lowest BCUT2D eigenvalue weighted by atomic mass is 10.2. The lowest BCUT2D eigenvalue weighted by molar-refractivity contribution is -0.147. The zero-order valence-corrected chi connectivity index (χ0v) is 10.9. The van der Waals surface area contributed by atoms with Gasteiger partial charge in [-0.25, -0.2) is 4.68 Å². The van der Waals surface area contributed by atoms with Gasteiger partial charge in [0.25, 0.3) is 0 Å². The lowest BCUT2D eigenvalue weighted by Crippen LogP contribution is -2.51. The number of amides is 1. The second kappa shape index (κ2) is 6.09. The molecule has 1 fully saturated rings. The van der Waals surface area contributed by atoms with E-state index in [1.165, 1.54) is 4.68 Å². The third-order valence-corrected chi connectivity index (χ3v) is 2.98. The van der Waals surface area contributed by atoms with E-state index in [1.54, 1.807) is 11.1 Å². The molecule has 1 aliphatic heterocycles. The Morgan fingerprint density at radius 2 is 2.42 bits per heavy atom. The number of nitrogens with zero attached hydrogens (tertiary/aromatic N) is 4. The molecule has 1 saturated heterocycles. The fraction of sp³-hybridized carbons (Fsp3) is 0.727. The summed E-state index contributed by atoms with van der Waals surface area (Å²) < 4.78 is 6.96. The first-order valence-electron chi connectivity index (χ1n) is 6.25. The number of hydrogen-bond acceptors (Lipinski definition) is 6. The molecule has 8 heteroatoms. The first kappa shape index (κ1) is 13.9. The normalized spacial score (nSPS) is 23.6. The predicted molar refractivity (Wildman–Crippen MR) is 65.9 cm³/mol. The highest BCUT2D eigenvalue weighted by Gasteiger charge is 2.28. The molecule has 1 amide bonds. The van der Waals surface area contributed by atoms with E-state index < -0.39 is 0 Å². The van der Waals surface area contributed by atoms with Crippen molar-refractivity contribution in [2.75, 3.05) is 19.7 Å². The van der Waals surface area contributed by atoms with Crippen molar-refractivity contribution in [2.24, 2.45) is 5.73 Å². The minimum Gasteiger partial charge on any atom is -0.394 e. The van der Waals surface area contributed by atoms with Crippen molar-refractivity contribution < 1.29 is 14.6 Å². The lowest BCUT2D eigenvalue weighted by Gasteiger charge is -2.36. The molecule has 0 radical (unpaired) electrons. The van der Waals surface area contributed by atoms with E-state index in [0.717, 1.165) is 0 Å². The van der Waals surface area contributed by atoms with Gasteiger partial charge in [0.1, 0.15) is 6.54 Å². The Morgan fingerprint density at radius 3 is 3.05 bits per heavy atom. The molecular formula is C11H19N5O3. The van der Waals surface area contributed by atoms with Crippen LogP contribution in [0.5, 0.6) is 0 Å². The largest absolute Gasteiger partial charge is 0.394 e. The molecule has 1 aromatic heterocycles. The summed E-state index contributed by atoms with van der Waals surface area (Å²) >= 11 is 0. The summed E-state index contributed by atoms with van der Waals surface area (Å²) in [6.07, 6.45) is 1.26. The minimum absolute atomic E-state index is 0.0675. The van der Waals surface area contributed by atoms with Gasteiger partial charge >= 0.3 is 0 Å². The number of aliphatic hydroxyl groups is 1. The van der Waals surface area contributed by atoms with Crippen LogP contribution < -0.4 is 5.73 Å². The molecule has 106 valence electrons. The summed E-state index contributed by atoms with van der Waals surface area (Å²) in [6.45, 7) is 3.14. The Kier molecular flexibility index (Phi) is 4.46. The Labute approximate surface area is 111 Å². The van der Waals surface area contributed by atoms with E-state index in [2.05, 4.69) is 10.3 Å². The molecule has 0 aromatic carbocycles. The van der Waals surface area contributed by atoms with E-state index in [9.17, 15) is 4.79 Å². The monoisotopic (exact) mass is 269 g/mol. The van der Waals surface area contributed by atoms with Crippen molar-refractivity contribution in [3.8, 4) is 0 Å². The second-order valence-corrected chi connectivity index (χ2v) is 4.66. The summed E-state index contributed by atoms with van der Waals surface area (Å²) in [7, 11) is 0. The molecule has 0 spiro atoms. The van der Waals surface area contributed by atoms with Gasteiger partial charge < -0.3 is 20.5 Å². The SMILES string of the molecule is CC1CN(C(=O)Cn2cc(CN)nn2)CC(CO)O1. The minimum atomic E-state index is -0.317. The number of morpholine rings is 1. The van der Waals surface area contributed by atoms with Gasteiger partial charge in [-0.2, -0.15) is 0 Å². The van der Waals surface area contributed by atoms with E-state index in [-0.39, 0.29) is 31.3 Å². The Bertz CT molecular complexity index is 436. The standard InChI is InChI=1S/C11H19N5O3/c1-8-3-15(5-10(7-17)19-8)11(18)6-16-4-9(2-12)13-14-16/h4,8,10,17H,2-3,5-7,12H2,1H3. The van der Waals surface area contributed by atoms with E-state index in [0.29, 0.717) is 25.3 Å². The van der Waals surface area contributed by atoms with E-state index >= 15 is 0 Å². The number of aromatic nitrogens is 3. The molecule has 2 atom stereocenters. The quantitative estimate of drug-likeness (QED) is 0.678. The maximum Gasteiger partial charge on any atom is 0.244 e. The van der Waals surface area contributed by atoms with Crippen LogP contribution in [0, 0.1) is 0 Å². The number of aliphatic hydroxyl groups excluding tert-OH is 1. The van der Waals surface area contributed by atoms with Gasteiger partial charge in [-0.15, -0.1) is 5.10 Å². The van der Waals surface area contributed by atoms with E-state index in [4.69, 9.17) is 15.6 Å². The highest BCUT2D eigenvalue weighted by Crippen LogP contribution is 2.11. The van der Waals surface area contributed by atoms with Crippen LogP contribution in [0.1, 0.15) is 12.6 Å². The molecule has 2 unspecified atom stereocenters. The van der Waals surface area contributed by atoms with Crippen LogP contribution >= 0.6 is 0 Å². The van der Waals surface area contributed by atoms with Crippen molar-refractivity contribution in [3.05, 3.63) is 11.9 Å². The number of nitrogens with two attached hydrogens (primary N) is 1. The Morgan fingerprint density at radius 1 is 1.63 bits per heavy atom. The van der Waals surface area contributed by atoms with Gasteiger partial charge in [0, 0.05) is 19.6 Å². The average molecular weight is 269 g/mol. The van der Waals surface area contributed by atoms with Gasteiger partial charge in [-0.05, 0) is 6.92 Å². The predicted octanol–water partition coefficient (Wildman–Crippen LogP) is -1.65. The molecule has 2 rings (SSSR count). The number of ether oxygens (including phenoxy) is 1. The number of rotatable bonds is 4. The van der Waals surface area contributed by atoms with Crippen LogP contribution in [-0.4, -0.2) is 62.8 Å². The van der Waals surface area contributed by atoms with Crippen molar-refractivity contribution in [3.63, 3.8) is 0 Å². The van der Waals surface area contributed by atoms with Crippen LogP contribution in [0.25, 0.3) is 0 Å². The van der Waals surface area contributed by atoms with Crippen molar-refractivity contribution in [2.45, 2.75) is 32.2 Å². The van der Waals surface area contributed by atoms with Crippen LogP contribution in [0.15, 0.2) is 6.20 Å². The third kappa shape index (κ3) is 3.49. The highest BCUT2D eigenvalue weighted by molar-refractivity contribution is 5.76. The first-order chi connectivity index (χ1) is 9.12. The number of hydrogen-bond donors (Lipinski definition) is 2. The molecule has 3 N–H and O–H groups in total. The molecule has 0 bridgehead atoms. The topological polar surface area (TPSA) is 107 Å².